The molecule has 0 saturated heterocycles. The number of oxazole rings is 1. The van der Waals surface area contributed by atoms with Gasteiger partial charge in [0.15, 0.2) is 5.69 Å². The van der Waals surface area contributed by atoms with Gasteiger partial charge in [0.1, 0.15) is 6.26 Å². The first-order valence-electron chi connectivity index (χ1n) is 4.69. The molecule has 1 heterocycles. The second-order valence-corrected chi connectivity index (χ2v) is 4.08. The molecular weight excluding hydrogens is 319 g/mol. The normalized spacial score (nSPS) is 10.1. The molecule has 0 spiro atoms. The van der Waals surface area contributed by atoms with Crippen molar-refractivity contribution in [1.82, 2.24) is 10.3 Å². The van der Waals surface area contributed by atoms with Gasteiger partial charge in [0.2, 0.25) is 0 Å². The number of hydrogen-bond acceptors (Lipinski definition) is 3. The average Bonchev–Trinajstić information content (AvgIpc) is 2.74. The predicted octanol–water partition coefficient (Wildman–Crippen LogP) is 2.21. The van der Waals surface area contributed by atoms with Crippen molar-refractivity contribution in [2.75, 3.05) is 0 Å². The molecule has 0 radical (unpaired) electrons. The van der Waals surface area contributed by atoms with Gasteiger partial charge in [0.25, 0.3) is 9.80 Å². The zero-order chi connectivity index (χ0) is 11.4. The third-order valence-corrected chi connectivity index (χ3v) is 2.50. The second-order valence-electron chi connectivity index (χ2n) is 3.15. The van der Waals surface area contributed by atoms with Crippen LogP contribution in [0.4, 0.5) is 0 Å². The number of halogens is 1. The van der Waals surface area contributed by atoms with Gasteiger partial charge < -0.3 is 9.73 Å². The summed E-state index contributed by atoms with van der Waals surface area (Å²) in [6, 6.07) is 9.70. The number of hydrogen-bond donors (Lipinski definition) is 1. The fraction of sp³-hybridized carbons (Fsp3) is 0.0909. The topological polar surface area (TPSA) is 55.1 Å². The van der Waals surface area contributed by atoms with Crippen LogP contribution in [0.2, 0.25) is 0 Å². The second kappa shape index (κ2) is 5.11. The molecule has 0 aliphatic rings. The van der Waals surface area contributed by atoms with Crippen molar-refractivity contribution in [3.8, 4) is 0 Å². The lowest BCUT2D eigenvalue weighted by Gasteiger charge is -2.02. The molecule has 2 aromatic rings. The van der Waals surface area contributed by atoms with Crippen LogP contribution in [0.3, 0.4) is 0 Å². The summed E-state index contributed by atoms with van der Waals surface area (Å²) >= 11 is 1.92. The van der Waals surface area contributed by atoms with Crippen molar-refractivity contribution < 1.29 is 9.21 Å². The summed E-state index contributed by atoms with van der Waals surface area (Å²) in [5.41, 5.74) is 1.36. The molecule has 5 heteroatoms. The highest BCUT2D eigenvalue weighted by molar-refractivity contribution is 14.1. The van der Waals surface area contributed by atoms with Crippen LogP contribution in [0.5, 0.6) is 0 Å². The Balaban J connectivity index is 1.94. The molecule has 0 aliphatic heterocycles. The number of nitrogens with one attached hydrogen (secondary N) is 1. The minimum atomic E-state index is -0.226. The number of carbonyl (C=O) groups excluding carboxylic acids is 1. The Morgan fingerprint density at radius 1 is 1.38 bits per heavy atom. The van der Waals surface area contributed by atoms with E-state index in [2.05, 4.69) is 10.3 Å². The number of rotatable bonds is 3. The maximum Gasteiger partial charge on any atom is 0.273 e. The van der Waals surface area contributed by atoms with Gasteiger partial charge >= 0.3 is 0 Å². The Labute approximate surface area is 106 Å². The average molecular weight is 328 g/mol. The van der Waals surface area contributed by atoms with Crippen LogP contribution in [0, 0.1) is 3.90 Å². The van der Waals surface area contributed by atoms with Crippen LogP contribution in [-0.2, 0) is 6.54 Å². The van der Waals surface area contributed by atoms with Gasteiger partial charge in [-0.25, -0.2) is 0 Å². The van der Waals surface area contributed by atoms with E-state index >= 15 is 0 Å². The van der Waals surface area contributed by atoms with Gasteiger partial charge in [-0.15, -0.1) is 0 Å². The van der Waals surface area contributed by atoms with Crippen molar-refractivity contribution >= 4 is 28.5 Å². The van der Waals surface area contributed by atoms with Crippen LogP contribution in [0.15, 0.2) is 41.0 Å². The number of amides is 1. The molecule has 4 nitrogen and oxygen atoms in total. The summed E-state index contributed by atoms with van der Waals surface area (Å²) in [6.07, 6.45) is 1.35. The molecule has 0 unspecified atom stereocenters. The van der Waals surface area contributed by atoms with E-state index in [1.807, 2.05) is 52.9 Å². The summed E-state index contributed by atoms with van der Waals surface area (Å²) in [6.45, 7) is 0.489. The lowest BCUT2D eigenvalue weighted by Crippen LogP contribution is -2.23. The van der Waals surface area contributed by atoms with Crippen LogP contribution in [0.25, 0.3) is 0 Å². The van der Waals surface area contributed by atoms with Gasteiger partial charge in [-0.2, -0.15) is 4.98 Å². The monoisotopic (exact) mass is 328 g/mol. The number of benzene rings is 1. The van der Waals surface area contributed by atoms with Crippen LogP contribution in [0.1, 0.15) is 16.1 Å². The maximum absolute atomic E-state index is 11.6. The maximum atomic E-state index is 11.6. The lowest BCUT2D eigenvalue weighted by atomic mass is 10.2. The molecule has 0 atom stereocenters. The van der Waals surface area contributed by atoms with E-state index in [0.717, 1.165) is 5.56 Å². The molecule has 1 aromatic heterocycles. The van der Waals surface area contributed by atoms with Gasteiger partial charge in [-0.05, 0) is 5.56 Å². The largest absolute Gasteiger partial charge is 0.440 e. The third-order valence-electron chi connectivity index (χ3n) is 2.00. The summed E-state index contributed by atoms with van der Waals surface area (Å²) in [7, 11) is 0. The predicted molar refractivity (Wildman–Crippen MR) is 66.8 cm³/mol. The summed E-state index contributed by atoms with van der Waals surface area (Å²) in [4.78, 5) is 15.5. The molecule has 1 N–H and O–H groups in total. The molecule has 0 aliphatic carbocycles. The third kappa shape index (κ3) is 2.82. The standard InChI is InChI=1S/C11H9IN2O2/c12-11-14-9(7-16-11)10(15)13-6-8-4-2-1-3-5-8/h1-5,7H,6H2,(H,13,15). The van der Waals surface area contributed by atoms with Crippen LogP contribution < -0.4 is 5.32 Å². The highest BCUT2D eigenvalue weighted by atomic mass is 127. The summed E-state index contributed by atoms with van der Waals surface area (Å²) in [5, 5.41) is 2.76. The van der Waals surface area contributed by atoms with Crippen LogP contribution in [-0.4, -0.2) is 10.9 Å². The van der Waals surface area contributed by atoms with Crippen molar-refractivity contribution in [3.63, 3.8) is 0 Å². The van der Waals surface area contributed by atoms with Crippen molar-refractivity contribution in [2.45, 2.75) is 6.54 Å². The van der Waals surface area contributed by atoms with Gasteiger partial charge in [0.05, 0.1) is 0 Å². The molecule has 0 fully saturated rings. The molecule has 82 valence electrons. The fourth-order valence-corrected chi connectivity index (χ4v) is 1.61. The SMILES string of the molecule is O=C(NCc1ccccc1)c1coc(I)n1. The number of carbonyl (C=O) groups is 1. The van der Waals surface area contributed by atoms with E-state index in [1.165, 1.54) is 6.26 Å². The fourth-order valence-electron chi connectivity index (χ4n) is 1.22. The first-order chi connectivity index (χ1) is 7.75. The zero-order valence-electron chi connectivity index (χ0n) is 8.31. The Kier molecular flexibility index (Phi) is 3.55. The molecule has 2 rings (SSSR count). The molecular formula is C11H9IN2O2. The van der Waals surface area contributed by atoms with Crippen molar-refractivity contribution in [3.05, 3.63) is 51.7 Å². The molecule has 1 amide bonds. The van der Waals surface area contributed by atoms with E-state index in [4.69, 9.17) is 4.42 Å². The quantitative estimate of drug-likeness (QED) is 0.879. The van der Waals surface area contributed by atoms with Gasteiger partial charge in [-0.3, -0.25) is 4.79 Å². The first-order valence-corrected chi connectivity index (χ1v) is 5.77. The molecule has 0 bridgehead atoms. The highest BCUT2D eigenvalue weighted by Gasteiger charge is 2.09. The number of nitrogens with zero attached hydrogens (tertiary/aromatic N) is 1. The zero-order valence-corrected chi connectivity index (χ0v) is 10.5. The van der Waals surface area contributed by atoms with E-state index in [1.54, 1.807) is 0 Å². The highest BCUT2D eigenvalue weighted by Crippen LogP contribution is 2.05. The molecule has 1 aromatic carbocycles. The minimum Gasteiger partial charge on any atom is -0.440 e. The number of aromatic nitrogens is 1. The van der Waals surface area contributed by atoms with E-state index in [9.17, 15) is 4.79 Å². The molecule has 16 heavy (non-hydrogen) atoms. The van der Waals surface area contributed by atoms with Gasteiger partial charge in [0, 0.05) is 29.1 Å². The smallest absolute Gasteiger partial charge is 0.273 e. The minimum absolute atomic E-state index is 0.226. The summed E-state index contributed by atoms with van der Waals surface area (Å²) < 4.78 is 5.41. The van der Waals surface area contributed by atoms with E-state index in [0.29, 0.717) is 16.1 Å². The molecule has 0 saturated carbocycles. The van der Waals surface area contributed by atoms with Crippen molar-refractivity contribution in [1.29, 1.82) is 0 Å². The Morgan fingerprint density at radius 3 is 2.75 bits per heavy atom. The van der Waals surface area contributed by atoms with E-state index < -0.39 is 0 Å². The van der Waals surface area contributed by atoms with Crippen molar-refractivity contribution in [2.24, 2.45) is 0 Å². The Bertz CT molecular complexity index is 482. The van der Waals surface area contributed by atoms with E-state index in [-0.39, 0.29) is 5.91 Å². The lowest BCUT2D eigenvalue weighted by molar-refractivity contribution is 0.0946. The van der Waals surface area contributed by atoms with Gasteiger partial charge in [-0.1, -0.05) is 30.3 Å². The Morgan fingerprint density at radius 2 is 2.12 bits per heavy atom. The summed E-state index contributed by atoms with van der Waals surface area (Å²) in [5.74, 6) is -0.226. The van der Waals surface area contributed by atoms with Crippen LogP contribution >= 0.6 is 22.6 Å². The first kappa shape index (κ1) is 11.1. The Hall–Kier alpha value is -1.37.